The van der Waals surface area contributed by atoms with Crippen LogP contribution in [0.5, 0.6) is 0 Å². The maximum atomic E-state index is 2.44. The largest absolute Gasteiger partial charge is 0.0622 e. The molecule has 0 fully saturated rings. The fourth-order valence-electron chi connectivity index (χ4n) is 7.11. The Morgan fingerprint density at radius 2 is 0.829 bits per heavy atom. The molecule has 0 saturated heterocycles. The summed E-state index contributed by atoms with van der Waals surface area (Å²) in [6, 6.07) is 53.6. The molecule has 0 bridgehead atoms. The van der Waals surface area contributed by atoms with Gasteiger partial charge in [0.25, 0.3) is 0 Å². The third-order valence-corrected chi connectivity index (χ3v) is 9.06. The van der Waals surface area contributed by atoms with Gasteiger partial charge in [-0.3, -0.25) is 0 Å². The normalized spacial score (nSPS) is 13.3. The van der Waals surface area contributed by atoms with Crippen molar-refractivity contribution in [2.24, 2.45) is 0 Å². The number of rotatable bonds is 3. The highest BCUT2D eigenvalue weighted by atomic mass is 14.4. The van der Waals surface area contributed by atoms with Crippen molar-refractivity contribution in [2.75, 3.05) is 0 Å². The summed E-state index contributed by atoms with van der Waals surface area (Å²) in [7, 11) is 0. The maximum Gasteiger partial charge on any atom is 0.0158 e. The van der Waals surface area contributed by atoms with E-state index in [9.17, 15) is 0 Å². The Bertz CT molecular complexity index is 2050. The zero-order valence-corrected chi connectivity index (χ0v) is 23.4. The monoisotopic (exact) mass is 522 g/mol. The molecule has 0 saturated carbocycles. The first-order valence-electron chi connectivity index (χ1n) is 14.5. The Hall–Kier alpha value is -4.94. The molecule has 0 radical (unpaired) electrons. The van der Waals surface area contributed by atoms with Gasteiger partial charge in [0.15, 0.2) is 0 Å². The number of hydrogen-bond donors (Lipinski definition) is 0. The van der Waals surface area contributed by atoms with Crippen LogP contribution in [0.3, 0.4) is 0 Å². The molecule has 0 unspecified atom stereocenters. The van der Waals surface area contributed by atoms with E-state index in [0.29, 0.717) is 0 Å². The highest BCUT2D eigenvalue weighted by Crippen LogP contribution is 2.51. The van der Waals surface area contributed by atoms with Crippen molar-refractivity contribution in [2.45, 2.75) is 19.3 Å². The molecule has 0 aromatic heterocycles. The summed E-state index contributed by atoms with van der Waals surface area (Å²) in [6.45, 7) is 4.70. The molecule has 0 atom stereocenters. The molecule has 41 heavy (non-hydrogen) atoms. The van der Waals surface area contributed by atoms with Crippen LogP contribution in [0, 0.1) is 0 Å². The van der Waals surface area contributed by atoms with E-state index in [4.69, 9.17) is 0 Å². The van der Waals surface area contributed by atoms with E-state index in [2.05, 4.69) is 159 Å². The minimum Gasteiger partial charge on any atom is -0.0622 e. The Kier molecular flexibility index (Phi) is 5.27. The highest BCUT2D eigenvalue weighted by Gasteiger charge is 2.35. The van der Waals surface area contributed by atoms with Crippen LogP contribution in [0.1, 0.15) is 25.0 Å². The van der Waals surface area contributed by atoms with Crippen LogP contribution in [0.2, 0.25) is 0 Å². The zero-order valence-electron chi connectivity index (χ0n) is 23.4. The third-order valence-electron chi connectivity index (χ3n) is 9.06. The van der Waals surface area contributed by atoms with Gasteiger partial charge in [-0.1, -0.05) is 147 Å². The Morgan fingerprint density at radius 3 is 1.49 bits per heavy atom. The summed E-state index contributed by atoms with van der Waals surface area (Å²) in [5.41, 5.74) is 13.1. The second kappa shape index (κ2) is 9.04. The molecule has 0 heteroatoms. The average Bonchev–Trinajstić information content (AvgIpc) is 3.26. The van der Waals surface area contributed by atoms with Crippen molar-refractivity contribution in [1.82, 2.24) is 0 Å². The quantitative estimate of drug-likeness (QED) is 0.202. The van der Waals surface area contributed by atoms with Gasteiger partial charge in [-0.05, 0) is 89.3 Å². The van der Waals surface area contributed by atoms with E-state index in [1.165, 1.54) is 77.2 Å². The molecule has 0 heterocycles. The van der Waals surface area contributed by atoms with Gasteiger partial charge in [-0.25, -0.2) is 0 Å². The van der Waals surface area contributed by atoms with Gasteiger partial charge in [0.1, 0.15) is 0 Å². The van der Waals surface area contributed by atoms with Crippen molar-refractivity contribution in [3.8, 4) is 44.5 Å². The summed E-state index contributed by atoms with van der Waals surface area (Å²) < 4.78 is 0. The number of fused-ring (bicyclic) bond motifs is 5. The number of hydrogen-bond acceptors (Lipinski definition) is 0. The van der Waals surface area contributed by atoms with E-state index in [1.54, 1.807) is 0 Å². The van der Waals surface area contributed by atoms with Gasteiger partial charge in [-0.2, -0.15) is 0 Å². The van der Waals surface area contributed by atoms with Crippen molar-refractivity contribution >= 4 is 21.5 Å². The first kappa shape index (κ1) is 23.9. The van der Waals surface area contributed by atoms with Crippen LogP contribution in [-0.2, 0) is 5.41 Å². The molecular formula is C41H30. The van der Waals surface area contributed by atoms with E-state index in [1.807, 2.05) is 0 Å². The molecule has 0 N–H and O–H groups in total. The van der Waals surface area contributed by atoms with E-state index in [0.717, 1.165) is 0 Å². The lowest BCUT2D eigenvalue weighted by Gasteiger charge is -2.22. The zero-order chi connectivity index (χ0) is 27.6. The van der Waals surface area contributed by atoms with Crippen LogP contribution >= 0.6 is 0 Å². The molecule has 0 spiro atoms. The maximum absolute atomic E-state index is 2.44. The van der Waals surface area contributed by atoms with Crippen molar-refractivity contribution < 1.29 is 0 Å². The summed E-state index contributed by atoms with van der Waals surface area (Å²) in [5.74, 6) is 0. The highest BCUT2D eigenvalue weighted by molar-refractivity contribution is 6.21. The molecular weight excluding hydrogens is 492 g/mol. The van der Waals surface area contributed by atoms with Gasteiger partial charge >= 0.3 is 0 Å². The van der Waals surface area contributed by atoms with Gasteiger partial charge in [0.2, 0.25) is 0 Å². The molecule has 0 aliphatic heterocycles. The van der Waals surface area contributed by atoms with Crippen molar-refractivity contribution in [3.05, 3.63) is 157 Å². The standard InChI is InChI=1S/C41H30/c1-41(2)37-22-11-10-17-31(37)36-26-30(23-24-38(36)41)40-34-20-8-6-18-32(34)39(33-19-7-9-21-35(33)40)29-16-12-15-28(25-29)27-13-4-3-5-14-27/h3-26H,1-2H3. The van der Waals surface area contributed by atoms with Crippen LogP contribution in [-0.4, -0.2) is 0 Å². The molecule has 7 aromatic carbocycles. The minimum absolute atomic E-state index is 0.00220. The molecule has 194 valence electrons. The van der Waals surface area contributed by atoms with E-state index >= 15 is 0 Å². The van der Waals surface area contributed by atoms with Crippen molar-refractivity contribution in [3.63, 3.8) is 0 Å². The number of benzene rings is 7. The summed E-state index contributed by atoms with van der Waals surface area (Å²) in [6.07, 6.45) is 0. The predicted octanol–water partition coefficient (Wildman–Crippen LogP) is 11.3. The van der Waals surface area contributed by atoms with Gasteiger partial charge in [0, 0.05) is 5.41 Å². The van der Waals surface area contributed by atoms with Crippen LogP contribution in [0.15, 0.2) is 146 Å². The topological polar surface area (TPSA) is 0 Å². The Labute approximate surface area is 241 Å². The van der Waals surface area contributed by atoms with E-state index in [-0.39, 0.29) is 5.41 Å². The molecule has 7 aromatic rings. The van der Waals surface area contributed by atoms with Gasteiger partial charge < -0.3 is 0 Å². The lowest BCUT2D eigenvalue weighted by molar-refractivity contribution is 0.660. The molecule has 1 aliphatic carbocycles. The minimum atomic E-state index is 0.00220. The molecule has 0 amide bonds. The molecule has 1 aliphatic rings. The van der Waals surface area contributed by atoms with Crippen molar-refractivity contribution in [1.29, 1.82) is 0 Å². The summed E-state index contributed by atoms with van der Waals surface area (Å²) in [4.78, 5) is 0. The van der Waals surface area contributed by atoms with Gasteiger partial charge in [0.05, 0.1) is 0 Å². The van der Waals surface area contributed by atoms with E-state index < -0.39 is 0 Å². The summed E-state index contributed by atoms with van der Waals surface area (Å²) in [5, 5.41) is 5.15. The SMILES string of the molecule is CC1(C)c2ccccc2-c2cc(-c3c4ccccc4c(-c4cccc(-c5ccccc5)c4)c4ccccc34)ccc21. The van der Waals surface area contributed by atoms with Gasteiger partial charge in [-0.15, -0.1) is 0 Å². The fraction of sp³-hybridized carbons (Fsp3) is 0.0732. The van der Waals surface area contributed by atoms with Crippen LogP contribution in [0.4, 0.5) is 0 Å². The third kappa shape index (κ3) is 3.61. The predicted molar refractivity (Wildman–Crippen MR) is 175 cm³/mol. The smallest absolute Gasteiger partial charge is 0.0158 e. The lowest BCUT2D eigenvalue weighted by Crippen LogP contribution is -2.14. The van der Waals surface area contributed by atoms with Crippen LogP contribution < -0.4 is 0 Å². The lowest BCUT2D eigenvalue weighted by atomic mass is 9.81. The first-order chi connectivity index (χ1) is 20.1. The summed E-state index contributed by atoms with van der Waals surface area (Å²) >= 11 is 0. The molecule has 0 nitrogen and oxygen atoms in total. The first-order valence-corrected chi connectivity index (χ1v) is 14.5. The second-order valence-corrected chi connectivity index (χ2v) is 11.7. The fourth-order valence-corrected chi connectivity index (χ4v) is 7.11. The Balaban J connectivity index is 1.41. The molecule has 8 rings (SSSR count). The Morgan fingerprint density at radius 1 is 0.341 bits per heavy atom. The van der Waals surface area contributed by atoms with Crippen LogP contribution in [0.25, 0.3) is 66.1 Å². The average molecular weight is 523 g/mol. The second-order valence-electron chi connectivity index (χ2n) is 11.7.